The van der Waals surface area contributed by atoms with Crippen LogP contribution in [0.4, 0.5) is 4.79 Å². The zero-order valence-electron chi connectivity index (χ0n) is 15.6. The molecule has 9 heteroatoms. The largest absolute Gasteiger partial charge is 0.480 e. The SMILES string of the molecule is CC(C)(C)OC(=O)CCC(NC(=O)CNC(=O)OC(C)(C)C)C(=O)O. The zero-order valence-corrected chi connectivity index (χ0v) is 15.6. The van der Waals surface area contributed by atoms with E-state index in [4.69, 9.17) is 14.6 Å². The van der Waals surface area contributed by atoms with Crippen molar-refractivity contribution >= 4 is 23.9 Å². The summed E-state index contributed by atoms with van der Waals surface area (Å²) in [4.78, 5) is 46.0. The Bertz CT molecular complexity index is 504. The number of carboxylic acids is 1. The highest BCUT2D eigenvalue weighted by atomic mass is 16.6. The lowest BCUT2D eigenvalue weighted by Crippen LogP contribution is -2.46. The number of amides is 2. The van der Waals surface area contributed by atoms with Crippen LogP contribution in [0.15, 0.2) is 0 Å². The number of hydrogen-bond donors (Lipinski definition) is 3. The van der Waals surface area contributed by atoms with Crippen LogP contribution in [-0.2, 0) is 23.9 Å². The van der Waals surface area contributed by atoms with Crippen LogP contribution in [0.25, 0.3) is 0 Å². The molecule has 25 heavy (non-hydrogen) atoms. The third kappa shape index (κ3) is 12.7. The van der Waals surface area contributed by atoms with Crippen LogP contribution >= 0.6 is 0 Å². The molecule has 0 aliphatic carbocycles. The van der Waals surface area contributed by atoms with Gasteiger partial charge in [0, 0.05) is 6.42 Å². The van der Waals surface area contributed by atoms with Crippen molar-refractivity contribution in [3.05, 3.63) is 0 Å². The summed E-state index contributed by atoms with van der Waals surface area (Å²) in [6, 6.07) is -1.26. The minimum Gasteiger partial charge on any atom is -0.480 e. The van der Waals surface area contributed by atoms with Crippen LogP contribution in [0.3, 0.4) is 0 Å². The van der Waals surface area contributed by atoms with Gasteiger partial charge >= 0.3 is 18.0 Å². The molecule has 0 saturated heterocycles. The summed E-state index contributed by atoms with van der Waals surface area (Å²) in [5, 5.41) is 13.6. The summed E-state index contributed by atoms with van der Waals surface area (Å²) in [5.74, 6) is -2.54. The van der Waals surface area contributed by atoms with E-state index in [0.29, 0.717) is 0 Å². The molecular formula is C16H28N2O7. The van der Waals surface area contributed by atoms with Crippen molar-refractivity contribution in [1.29, 1.82) is 0 Å². The van der Waals surface area contributed by atoms with Crippen molar-refractivity contribution in [3.8, 4) is 0 Å². The Morgan fingerprint density at radius 2 is 1.48 bits per heavy atom. The van der Waals surface area contributed by atoms with Crippen molar-refractivity contribution < 1.29 is 33.8 Å². The Morgan fingerprint density at radius 3 is 1.92 bits per heavy atom. The predicted octanol–water partition coefficient (Wildman–Crippen LogP) is 1.20. The predicted molar refractivity (Wildman–Crippen MR) is 88.9 cm³/mol. The molecule has 3 N–H and O–H groups in total. The van der Waals surface area contributed by atoms with Gasteiger partial charge in [0.25, 0.3) is 0 Å². The summed E-state index contributed by atoms with van der Waals surface area (Å²) in [6.45, 7) is 9.67. The number of hydrogen-bond acceptors (Lipinski definition) is 6. The van der Waals surface area contributed by atoms with Crippen molar-refractivity contribution in [2.24, 2.45) is 0 Å². The number of carboxylic acid groups (broad SMARTS) is 1. The van der Waals surface area contributed by atoms with Gasteiger partial charge in [-0.2, -0.15) is 0 Å². The number of carbonyl (C=O) groups excluding carboxylic acids is 3. The topological polar surface area (TPSA) is 131 Å². The Kier molecular flexibility index (Phi) is 8.38. The molecule has 0 radical (unpaired) electrons. The first-order chi connectivity index (χ1) is 11.2. The molecule has 1 atom stereocenters. The van der Waals surface area contributed by atoms with Crippen molar-refractivity contribution in [3.63, 3.8) is 0 Å². The number of ether oxygens (including phenoxy) is 2. The Labute approximate surface area is 147 Å². The van der Waals surface area contributed by atoms with Crippen molar-refractivity contribution in [2.45, 2.75) is 71.6 Å². The molecule has 9 nitrogen and oxygen atoms in total. The normalized spacial score (nSPS) is 12.7. The van der Waals surface area contributed by atoms with Crippen LogP contribution in [0.5, 0.6) is 0 Å². The van der Waals surface area contributed by atoms with Gasteiger partial charge < -0.3 is 25.2 Å². The van der Waals surface area contributed by atoms with E-state index in [1.165, 1.54) is 0 Å². The fraction of sp³-hybridized carbons (Fsp3) is 0.750. The fourth-order valence-electron chi connectivity index (χ4n) is 1.62. The average molecular weight is 360 g/mol. The standard InChI is InChI=1S/C16H28N2O7/c1-15(2,3)24-12(20)8-7-10(13(21)22)18-11(19)9-17-14(23)25-16(4,5)6/h10H,7-9H2,1-6H3,(H,17,23)(H,18,19)(H,21,22). The monoisotopic (exact) mass is 360 g/mol. The van der Waals surface area contributed by atoms with E-state index < -0.39 is 47.7 Å². The summed E-state index contributed by atoms with van der Waals surface area (Å²) in [7, 11) is 0. The molecule has 0 aromatic rings. The lowest BCUT2D eigenvalue weighted by Gasteiger charge is -2.21. The average Bonchev–Trinajstić information content (AvgIpc) is 2.36. The maximum Gasteiger partial charge on any atom is 0.408 e. The Hall–Kier alpha value is -2.32. The molecule has 0 fully saturated rings. The highest BCUT2D eigenvalue weighted by Crippen LogP contribution is 2.10. The van der Waals surface area contributed by atoms with Gasteiger partial charge in [-0.1, -0.05) is 0 Å². The summed E-state index contributed by atoms with van der Waals surface area (Å²) < 4.78 is 10.0. The molecule has 2 amide bonds. The molecule has 0 heterocycles. The summed E-state index contributed by atoms with van der Waals surface area (Å²) in [6.07, 6.45) is -1.07. The van der Waals surface area contributed by atoms with Gasteiger partial charge in [0.05, 0.1) is 0 Å². The third-order valence-electron chi connectivity index (χ3n) is 2.48. The Morgan fingerprint density at radius 1 is 0.960 bits per heavy atom. The molecule has 1 unspecified atom stereocenters. The highest BCUT2D eigenvalue weighted by Gasteiger charge is 2.24. The minimum absolute atomic E-state index is 0.123. The third-order valence-corrected chi connectivity index (χ3v) is 2.48. The van der Waals surface area contributed by atoms with E-state index in [1.54, 1.807) is 41.5 Å². The zero-order chi connectivity index (χ0) is 19.8. The molecule has 0 aromatic heterocycles. The van der Waals surface area contributed by atoms with Gasteiger partial charge in [-0.15, -0.1) is 0 Å². The van der Waals surface area contributed by atoms with Crippen LogP contribution in [-0.4, -0.2) is 52.8 Å². The van der Waals surface area contributed by atoms with Crippen LogP contribution in [0.1, 0.15) is 54.4 Å². The summed E-state index contributed by atoms with van der Waals surface area (Å²) >= 11 is 0. The second-order valence-corrected chi connectivity index (χ2v) is 7.44. The van der Waals surface area contributed by atoms with Gasteiger partial charge in [-0.05, 0) is 48.0 Å². The number of esters is 1. The van der Waals surface area contributed by atoms with Crippen molar-refractivity contribution in [2.75, 3.05) is 6.54 Å². The first kappa shape index (κ1) is 22.7. The van der Waals surface area contributed by atoms with Gasteiger partial charge in [0.2, 0.25) is 5.91 Å². The number of aliphatic carboxylic acids is 1. The number of rotatable bonds is 7. The van der Waals surface area contributed by atoms with Gasteiger partial charge in [0.15, 0.2) is 0 Å². The molecule has 0 aliphatic rings. The maximum absolute atomic E-state index is 11.7. The lowest BCUT2D eigenvalue weighted by atomic mass is 10.1. The van der Waals surface area contributed by atoms with Crippen LogP contribution in [0, 0.1) is 0 Å². The molecule has 0 rings (SSSR count). The molecule has 0 bridgehead atoms. The van der Waals surface area contributed by atoms with E-state index >= 15 is 0 Å². The van der Waals surface area contributed by atoms with Gasteiger partial charge in [-0.25, -0.2) is 9.59 Å². The number of alkyl carbamates (subject to hydrolysis) is 1. The highest BCUT2D eigenvalue weighted by molar-refractivity contribution is 5.87. The molecule has 0 aromatic carbocycles. The smallest absolute Gasteiger partial charge is 0.408 e. The second-order valence-electron chi connectivity index (χ2n) is 7.44. The maximum atomic E-state index is 11.7. The van der Waals surface area contributed by atoms with Crippen LogP contribution in [0.2, 0.25) is 0 Å². The van der Waals surface area contributed by atoms with E-state index in [9.17, 15) is 19.2 Å². The van der Waals surface area contributed by atoms with Gasteiger partial charge in [0.1, 0.15) is 23.8 Å². The quantitative estimate of drug-likeness (QED) is 0.581. The van der Waals surface area contributed by atoms with E-state index in [0.717, 1.165) is 0 Å². The summed E-state index contributed by atoms with van der Waals surface area (Å²) in [5.41, 5.74) is -1.38. The first-order valence-corrected chi connectivity index (χ1v) is 7.90. The molecule has 144 valence electrons. The van der Waals surface area contributed by atoms with E-state index in [1.807, 2.05) is 0 Å². The number of nitrogens with one attached hydrogen (secondary N) is 2. The molecule has 0 saturated carbocycles. The first-order valence-electron chi connectivity index (χ1n) is 7.90. The molecular weight excluding hydrogens is 332 g/mol. The van der Waals surface area contributed by atoms with E-state index in [-0.39, 0.29) is 12.8 Å². The Balaban J connectivity index is 4.38. The lowest BCUT2D eigenvalue weighted by molar-refractivity contribution is -0.155. The second kappa shape index (κ2) is 9.24. The molecule has 0 aliphatic heterocycles. The molecule has 0 spiro atoms. The number of carbonyl (C=O) groups is 4. The minimum atomic E-state index is -1.28. The van der Waals surface area contributed by atoms with E-state index in [2.05, 4.69) is 10.6 Å². The van der Waals surface area contributed by atoms with Gasteiger partial charge in [-0.3, -0.25) is 9.59 Å². The fourth-order valence-corrected chi connectivity index (χ4v) is 1.62. The van der Waals surface area contributed by atoms with Crippen LogP contribution < -0.4 is 10.6 Å². The van der Waals surface area contributed by atoms with Crippen molar-refractivity contribution in [1.82, 2.24) is 10.6 Å².